The van der Waals surface area contributed by atoms with Crippen LogP contribution in [0.4, 0.5) is 4.39 Å². The summed E-state index contributed by atoms with van der Waals surface area (Å²) in [5, 5.41) is 3.48. The Balaban J connectivity index is 1.87. The lowest BCUT2D eigenvalue weighted by Crippen LogP contribution is -2.43. The number of carbonyl (C=O) groups is 1. The molecule has 23 heavy (non-hydrogen) atoms. The molecular weight excluding hydrogens is 315 g/mol. The smallest absolute Gasteiger partial charge is 0.224 e. The molecule has 1 fully saturated rings. The number of hydrogen-bond donors (Lipinski definition) is 1. The number of carbonyl (C=O) groups excluding carboxylic acids is 1. The normalized spacial score (nSPS) is 18.8. The van der Waals surface area contributed by atoms with Crippen LogP contribution in [0.5, 0.6) is 0 Å². The van der Waals surface area contributed by atoms with Crippen LogP contribution in [-0.4, -0.2) is 30.4 Å². The molecule has 2 rings (SSSR count). The first-order valence-corrected chi connectivity index (χ1v) is 8.92. The zero-order valence-electron chi connectivity index (χ0n) is 13.8. The molecule has 3 nitrogen and oxygen atoms in total. The van der Waals surface area contributed by atoms with E-state index in [1.165, 1.54) is 6.07 Å². The van der Waals surface area contributed by atoms with Crippen molar-refractivity contribution in [3.8, 4) is 0 Å². The van der Waals surface area contributed by atoms with Gasteiger partial charge in [0.25, 0.3) is 0 Å². The molecule has 1 aliphatic rings. The number of unbranched alkanes of at least 4 members (excludes halogenated alkanes) is 2. The molecule has 1 aromatic carbocycles. The molecule has 0 aliphatic carbocycles. The molecule has 1 unspecified atom stereocenters. The average Bonchev–Trinajstić information content (AvgIpc) is 2.55. The van der Waals surface area contributed by atoms with Gasteiger partial charge in [-0.15, -0.1) is 0 Å². The van der Waals surface area contributed by atoms with Crippen molar-refractivity contribution in [3.63, 3.8) is 0 Å². The van der Waals surface area contributed by atoms with Crippen LogP contribution in [0.3, 0.4) is 0 Å². The first-order valence-electron chi connectivity index (χ1n) is 8.54. The van der Waals surface area contributed by atoms with E-state index in [1.54, 1.807) is 12.1 Å². The van der Waals surface area contributed by atoms with Crippen molar-refractivity contribution in [1.82, 2.24) is 10.2 Å². The van der Waals surface area contributed by atoms with Crippen molar-refractivity contribution in [2.24, 2.45) is 5.92 Å². The monoisotopic (exact) mass is 340 g/mol. The van der Waals surface area contributed by atoms with Gasteiger partial charge in [-0.1, -0.05) is 37.4 Å². The summed E-state index contributed by atoms with van der Waals surface area (Å²) in [4.78, 5) is 14.4. The molecule has 5 heteroatoms. The third-order valence-electron chi connectivity index (χ3n) is 4.40. The number of piperidine rings is 1. The minimum Gasteiger partial charge on any atom is -0.356 e. The Bertz CT molecular complexity index is 503. The van der Waals surface area contributed by atoms with E-state index in [4.69, 9.17) is 11.6 Å². The van der Waals surface area contributed by atoms with E-state index in [1.807, 2.05) is 0 Å². The fourth-order valence-corrected chi connectivity index (χ4v) is 3.27. The Morgan fingerprint density at radius 2 is 2.26 bits per heavy atom. The molecule has 0 radical (unpaired) electrons. The molecule has 0 saturated carbocycles. The molecule has 1 aliphatic heterocycles. The molecule has 1 N–H and O–H groups in total. The molecule has 1 heterocycles. The first-order chi connectivity index (χ1) is 11.1. The van der Waals surface area contributed by atoms with E-state index in [-0.39, 0.29) is 17.6 Å². The van der Waals surface area contributed by atoms with Gasteiger partial charge < -0.3 is 5.32 Å². The SMILES string of the molecule is CCCCCNC(=O)C1CCCN(Cc2c(F)cccc2Cl)C1. The van der Waals surface area contributed by atoms with Gasteiger partial charge in [0.1, 0.15) is 5.82 Å². The zero-order chi connectivity index (χ0) is 16.7. The minimum absolute atomic E-state index is 0.00377. The minimum atomic E-state index is -0.274. The average molecular weight is 341 g/mol. The predicted molar refractivity (Wildman–Crippen MR) is 91.9 cm³/mol. The molecule has 1 saturated heterocycles. The summed E-state index contributed by atoms with van der Waals surface area (Å²) in [5.74, 6) is -0.148. The van der Waals surface area contributed by atoms with Gasteiger partial charge >= 0.3 is 0 Å². The van der Waals surface area contributed by atoms with Gasteiger partial charge in [0.05, 0.1) is 5.92 Å². The Kier molecular flexibility index (Phi) is 7.31. The van der Waals surface area contributed by atoms with E-state index >= 15 is 0 Å². The predicted octanol–water partition coefficient (Wildman–Crippen LogP) is 4.00. The fourth-order valence-electron chi connectivity index (χ4n) is 3.05. The second-order valence-electron chi connectivity index (χ2n) is 6.27. The van der Waals surface area contributed by atoms with Crippen LogP contribution in [-0.2, 0) is 11.3 Å². The van der Waals surface area contributed by atoms with E-state index in [2.05, 4.69) is 17.1 Å². The van der Waals surface area contributed by atoms with Gasteiger partial charge in [-0.25, -0.2) is 4.39 Å². The molecule has 0 aromatic heterocycles. The molecule has 0 bridgehead atoms. The Morgan fingerprint density at radius 1 is 1.43 bits per heavy atom. The third-order valence-corrected chi connectivity index (χ3v) is 4.75. The van der Waals surface area contributed by atoms with Crippen molar-refractivity contribution in [1.29, 1.82) is 0 Å². The Labute approximate surface area is 143 Å². The van der Waals surface area contributed by atoms with Crippen molar-refractivity contribution in [3.05, 3.63) is 34.6 Å². The van der Waals surface area contributed by atoms with Gasteiger partial charge in [0, 0.05) is 30.2 Å². The summed E-state index contributed by atoms with van der Waals surface area (Å²) in [6.07, 6.45) is 5.18. The van der Waals surface area contributed by atoms with Gasteiger partial charge in [0.2, 0.25) is 5.91 Å². The van der Waals surface area contributed by atoms with Crippen molar-refractivity contribution in [2.75, 3.05) is 19.6 Å². The largest absolute Gasteiger partial charge is 0.356 e. The van der Waals surface area contributed by atoms with Crippen molar-refractivity contribution >= 4 is 17.5 Å². The summed E-state index contributed by atoms with van der Waals surface area (Å²) in [6.45, 7) is 4.91. The van der Waals surface area contributed by atoms with Gasteiger partial charge in [-0.2, -0.15) is 0 Å². The van der Waals surface area contributed by atoms with E-state index in [0.29, 0.717) is 23.7 Å². The maximum Gasteiger partial charge on any atom is 0.224 e. The third kappa shape index (κ3) is 5.47. The lowest BCUT2D eigenvalue weighted by molar-refractivity contribution is -0.126. The van der Waals surface area contributed by atoms with Crippen LogP contribution in [0.25, 0.3) is 0 Å². The molecule has 128 valence electrons. The van der Waals surface area contributed by atoms with Crippen LogP contribution in [0.2, 0.25) is 5.02 Å². The van der Waals surface area contributed by atoms with Gasteiger partial charge in [0.15, 0.2) is 0 Å². The first kappa shape index (κ1) is 18.2. The highest BCUT2D eigenvalue weighted by molar-refractivity contribution is 6.31. The van der Waals surface area contributed by atoms with E-state index in [0.717, 1.165) is 45.2 Å². The highest BCUT2D eigenvalue weighted by Gasteiger charge is 2.26. The Hall–Kier alpha value is -1.13. The summed E-state index contributed by atoms with van der Waals surface area (Å²) < 4.78 is 13.9. The maximum atomic E-state index is 13.9. The quantitative estimate of drug-likeness (QED) is 0.761. The summed E-state index contributed by atoms with van der Waals surface area (Å²) in [6, 6.07) is 4.76. The lowest BCUT2D eigenvalue weighted by Gasteiger charge is -2.32. The lowest BCUT2D eigenvalue weighted by atomic mass is 9.96. The number of nitrogens with zero attached hydrogens (tertiary/aromatic N) is 1. The number of halogens is 2. The van der Waals surface area contributed by atoms with Crippen molar-refractivity contribution < 1.29 is 9.18 Å². The molecule has 1 aromatic rings. The van der Waals surface area contributed by atoms with Gasteiger partial charge in [-0.05, 0) is 37.9 Å². The highest BCUT2D eigenvalue weighted by Crippen LogP contribution is 2.24. The van der Waals surface area contributed by atoms with Crippen LogP contribution in [0.15, 0.2) is 18.2 Å². The second-order valence-corrected chi connectivity index (χ2v) is 6.68. The number of nitrogens with one attached hydrogen (secondary N) is 1. The number of hydrogen-bond acceptors (Lipinski definition) is 2. The van der Waals surface area contributed by atoms with E-state index < -0.39 is 0 Å². The van der Waals surface area contributed by atoms with Crippen LogP contribution in [0, 0.1) is 11.7 Å². The summed E-state index contributed by atoms with van der Waals surface area (Å²) >= 11 is 6.10. The zero-order valence-corrected chi connectivity index (χ0v) is 14.5. The molecule has 1 amide bonds. The number of benzene rings is 1. The number of likely N-dealkylation sites (tertiary alicyclic amines) is 1. The van der Waals surface area contributed by atoms with Crippen LogP contribution >= 0.6 is 11.6 Å². The summed E-state index contributed by atoms with van der Waals surface area (Å²) in [7, 11) is 0. The highest BCUT2D eigenvalue weighted by atomic mass is 35.5. The molecule has 0 spiro atoms. The van der Waals surface area contributed by atoms with Crippen LogP contribution < -0.4 is 5.32 Å². The Morgan fingerprint density at radius 3 is 3.00 bits per heavy atom. The van der Waals surface area contributed by atoms with Crippen LogP contribution in [0.1, 0.15) is 44.6 Å². The van der Waals surface area contributed by atoms with Crippen molar-refractivity contribution in [2.45, 2.75) is 45.6 Å². The fraction of sp³-hybridized carbons (Fsp3) is 0.611. The topological polar surface area (TPSA) is 32.3 Å². The maximum absolute atomic E-state index is 13.9. The molecular formula is C18H26ClFN2O. The molecule has 1 atom stereocenters. The van der Waals surface area contributed by atoms with Gasteiger partial charge in [-0.3, -0.25) is 9.69 Å². The van der Waals surface area contributed by atoms with E-state index in [9.17, 15) is 9.18 Å². The standard InChI is InChI=1S/C18H26ClFN2O/c1-2-3-4-10-21-18(23)14-7-6-11-22(12-14)13-15-16(19)8-5-9-17(15)20/h5,8-9,14H,2-4,6-7,10-13H2,1H3,(H,21,23). The second kappa shape index (κ2) is 9.24. The summed E-state index contributed by atoms with van der Waals surface area (Å²) in [5.41, 5.74) is 0.526. The number of amides is 1. The number of rotatable bonds is 7.